The lowest BCUT2D eigenvalue weighted by Gasteiger charge is -2.36. The van der Waals surface area contributed by atoms with Crippen LogP contribution in [0.25, 0.3) is 5.65 Å². The van der Waals surface area contributed by atoms with Gasteiger partial charge in [0.2, 0.25) is 0 Å². The zero-order chi connectivity index (χ0) is 14.9. The molecule has 6 nitrogen and oxygen atoms in total. The van der Waals surface area contributed by atoms with Gasteiger partial charge in [-0.25, -0.2) is 4.98 Å². The minimum absolute atomic E-state index is 0.195. The highest BCUT2D eigenvalue weighted by Crippen LogP contribution is 2.21. The van der Waals surface area contributed by atoms with Crippen LogP contribution >= 0.6 is 0 Å². The lowest BCUT2D eigenvalue weighted by atomic mass is 9.92. The first-order valence-corrected chi connectivity index (χ1v) is 7.20. The standard InChI is InChI=1S/C15H20N4O2/c1-18-7-4-6-15(21,14(18)20)11-16-9-12-10-17-13-5-2-3-8-19(12)13/h2-3,5,8,10,16,21H,4,6-7,9,11H2,1H3. The third-order valence-electron chi connectivity index (χ3n) is 4.05. The summed E-state index contributed by atoms with van der Waals surface area (Å²) in [4.78, 5) is 18.0. The molecule has 1 atom stereocenters. The fourth-order valence-electron chi connectivity index (χ4n) is 2.85. The van der Waals surface area contributed by atoms with Gasteiger partial charge < -0.3 is 19.7 Å². The Morgan fingerprint density at radius 3 is 3.19 bits per heavy atom. The molecule has 2 aromatic heterocycles. The van der Waals surface area contributed by atoms with E-state index < -0.39 is 5.60 Å². The van der Waals surface area contributed by atoms with Gasteiger partial charge in [0.25, 0.3) is 5.91 Å². The van der Waals surface area contributed by atoms with Crippen molar-refractivity contribution in [2.45, 2.75) is 25.0 Å². The number of aliphatic hydroxyl groups is 1. The van der Waals surface area contributed by atoms with Gasteiger partial charge in [0.05, 0.1) is 11.9 Å². The van der Waals surface area contributed by atoms with E-state index in [1.165, 1.54) is 0 Å². The molecule has 1 unspecified atom stereocenters. The number of pyridine rings is 1. The van der Waals surface area contributed by atoms with E-state index in [1.54, 1.807) is 18.1 Å². The van der Waals surface area contributed by atoms with E-state index in [0.29, 0.717) is 19.5 Å². The Bertz CT molecular complexity index is 654. The molecule has 21 heavy (non-hydrogen) atoms. The van der Waals surface area contributed by atoms with Crippen molar-refractivity contribution in [1.29, 1.82) is 0 Å². The van der Waals surface area contributed by atoms with Gasteiger partial charge in [-0.15, -0.1) is 0 Å². The maximum Gasteiger partial charge on any atom is 0.255 e. The van der Waals surface area contributed by atoms with Crippen molar-refractivity contribution in [2.75, 3.05) is 20.1 Å². The minimum atomic E-state index is -1.28. The van der Waals surface area contributed by atoms with Crippen LogP contribution in [0.3, 0.4) is 0 Å². The molecule has 1 amide bonds. The normalized spacial score (nSPS) is 23.0. The number of aromatic nitrogens is 2. The van der Waals surface area contributed by atoms with Crippen LogP contribution in [0.15, 0.2) is 30.6 Å². The van der Waals surface area contributed by atoms with E-state index in [2.05, 4.69) is 10.3 Å². The van der Waals surface area contributed by atoms with Crippen LogP contribution in [-0.4, -0.2) is 51.0 Å². The van der Waals surface area contributed by atoms with Crippen molar-refractivity contribution in [3.8, 4) is 0 Å². The monoisotopic (exact) mass is 288 g/mol. The molecule has 1 saturated heterocycles. The largest absolute Gasteiger partial charge is 0.379 e. The van der Waals surface area contributed by atoms with Crippen molar-refractivity contribution in [1.82, 2.24) is 19.6 Å². The Labute approximate surface area is 123 Å². The lowest BCUT2D eigenvalue weighted by molar-refractivity contribution is -0.154. The topological polar surface area (TPSA) is 69.9 Å². The molecule has 3 heterocycles. The molecule has 0 saturated carbocycles. The van der Waals surface area contributed by atoms with Crippen molar-refractivity contribution in [2.24, 2.45) is 0 Å². The fraction of sp³-hybridized carbons (Fsp3) is 0.467. The number of amides is 1. The molecule has 1 aliphatic rings. The van der Waals surface area contributed by atoms with E-state index in [9.17, 15) is 9.90 Å². The second-order valence-corrected chi connectivity index (χ2v) is 5.64. The quantitative estimate of drug-likeness (QED) is 0.855. The van der Waals surface area contributed by atoms with Crippen LogP contribution in [0, 0.1) is 0 Å². The average Bonchev–Trinajstić information content (AvgIpc) is 2.89. The third kappa shape index (κ3) is 2.64. The van der Waals surface area contributed by atoms with E-state index in [0.717, 1.165) is 17.8 Å². The van der Waals surface area contributed by atoms with E-state index >= 15 is 0 Å². The highest BCUT2D eigenvalue weighted by Gasteiger charge is 2.40. The van der Waals surface area contributed by atoms with Gasteiger partial charge in [-0.05, 0) is 25.0 Å². The van der Waals surface area contributed by atoms with Crippen LogP contribution in [0.4, 0.5) is 0 Å². The Balaban J connectivity index is 1.64. The molecule has 0 aliphatic carbocycles. The van der Waals surface area contributed by atoms with Gasteiger partial charge in [0.15, 0.2) is 5.60 Å². The van der Waals surface area contributed by atoms with Crippen LogP contribution in [0.5, 0.6) is 0 Å². The maximum absolute atomic E-state index is 12.1. The Kier molecular flexibility index (Phi) is 3.65. The molecule has 0 aromatic carbocycles. The molecular formula is C15H20N4O2. The first-order chi connectivity index (χ1) is 10.1. The SMILES string of the molecule is CN1CCCC(O)(CNCc2cnc3ccccn23)C1=O. The number of carbonyl (C=O) groups is 1. The summed E-state index contributed by atoms with van der Waals surface area (Å²) in [6.45, 7) is 1.54. The van der Waals surface area contributed by atoms with Crippen LogP contribution in [-0.2, 0) is 11.3 Å². The van der Waals surface area contributed by atoms with E-state index in [1.807, 2.05) is 28.8 Å². The highest BCUT2D eigenvalue weighted by atomic mass is 16.3. The molecule has 2 aromatic rings. The number of likely N-dealkylation sites (tertiary alicyclic amines) is 1. The predicted octanol–water partition coefficient (Wildman–Crippen LogP) is 0.407. The molecule has 0 spiro atoms. The zero-order valence-corrected chi connectivity index (χ0v) is 12.1. The summed E-state index contributed by atoms with van der Waals surface area (Å²) >= 11 is 0. The first kappa shape index (κ1) is 14.0. The summed E-state index contributed by atoms with van der Waals surface area (Å²) < 4.78 is 1.99. The Hall–Kier alpha value is -1.92. The third-order valence-corrected chi connectivity index (χ3v) is 4.05. The Morgan fingerprint density at radius 2 is 2.33 bits per heavy atom. The number of imidazole rings is 1. The highest BCUT2D eigenvalue weighted by molar-refractivity contribution is 5.85. The smallest absolute Gasteiger partial charge is 0.255 e. The van der Waals surface area contributed by atoms with Crippen molar-refractivity contribution < 1.29 is 9.90 Å². The number of piperidine rings is 1. The molecule has 3 rings (SSSR count). The number of carbonyl (C=O) groups excluding carboxylic acids is 1. The summed E-state index contributed by atoms with van der Waals surface area (Å²) in [5.74, 6) is -0.195. The molecular weight excluding hydrogens is 268 g/mol. The van der Waals surface area contributed by atoms with Crippen LogP contribution < -0.4 is 5.32 Å². The minimum Gasteiger partial charge on any atom is -0.379 e. The molecule has 2 N–H and O–H groups in total. The molecule has 0 radical (unpaired) electrons. The second kappa shape index (κ2) is 5.46. The maximum atomic E-state index is 12.1. The lowest BCUT2D eigenvalue weighted by Crippen LogP contribution is -2.56. The summed E-state index contributed by atoms with van der Waals surface area (Å²) in [6.07, 6.45) is 5.10. The van der Waals surface area contributed by atoms with E-state index in [4.69, 9.17) is 0 Å². The zero-order valence-electron chi connectivity index (χ0n) is 12.1. The van der Waals surface area contributed by atoms with Gasteiger partial charge in [-0.3, -0.25) is 4.79 Å². The predicted molar refractivity (Wildman–Crippen MR) is 78.7 cm³/mol. The average molecular weight is 288 g/mol. The second-order valence-electron chi connectivity index (χ2n) is 5.64. The van der Waals surface area contributed by atoms with Gasteiger partial charge in [-0.2, -0.15) is 0 Å². The van der Waals surface area contributed by atoms with Crippen molar-refractivity contribution in [3.63, 3.8) is 0 Å². The molecule has 1 fully saturated rings. The van der Waals surface area contributed by atoms with Gasteiger partial charge >= 0.3 is 0 Å². The summed E-state index contributed by atoms with van der Waals surface area (Å²) in [7, 11) is 1.73. The molecule has 6 heteroatoms. The summed E-state index contributed by atoms with van der Waals surface area (Å²) in [5, 5.41) is 13.7. The van der Waals surface area contributed by atoms with Crippen molar-refractivity contribution >= 4 is 11.6 Å². The number of hydrogen-bond acceptors (Lipinski definition) is 4. The number of likely N-dealkylation sites (N-methyl/N-ethyl adjacent to an activating group) is 1. The summed E-state index contributed by atoms with van der Waals surface area (Å²) in [6, 6.07) is 5.83. The van der Waals surface area contributed by atoms with Crippen LogP contribution in [0.2, 0.25) is 0 Å². The molecule has 0 bridgehead atoms. The fourth-order valence-corrected chi connectivity index (χ4v) is 2.85. The Morgan fingerprint density at radius 1 is 1.48 bits per heavy atom. The number of nitrogens with zero attached hydrogens (tertiary/aromatic N) is 3. The molecule has 1 aliphatic heterocycles. The molecule has 112 valence electrons. The number of fused-ring (bicyclic) bond motifs is 1. The summed E-state index contributed by atoms with van der Waals surface area (Å²) in [5.41, 5.74) is 0.611. The van der Waals surface area contributed by atoms with Crippen LogP contribution in [0.1, 0.15) is 18.5 Å². The van der Waals surface area contributed by atoms with Gasteiger partial charge in [-0.1, -0.05) is 6.07 Å². The number of nitrogens with one attached hydrogen (secondary N) is 1. The van der Waals surface area contributed by atoms with Crippen molar-refractivity contribution in [3.05, 3.63) is 36.3 Å². The number of hydrogen-bond donors (Lipinski definition) is 2. The van der Waals surface area contributed by atoms with Gasteiger partial charge in [0, 0.05) is 32.9 Å². The van der Waals surface area contributed by atoms with E-state index in [-0.39, 0.29) is 12.5 Å². The number of rotatable bonds is 4. The van der Waals surface area contributed by atoms with Gasteiger partial charge in [0.1, 0.15) is 5.65 Å². The first-order valence-electron chi connectivity index (χ1n) is 7.20.